The van der Waals surface area contributed by atoms with Gasteiger partial charge in [-0.05, 0) is 320 Å². The molecule has 26 rings (SSSR count). The largest absolute Gasteiger partial charge is 0.265 e. The van der Waals surface area contributed by atoms with E-state index < -0.39 is 0 Å². The van der Waals surface area contributed by atoms with Crippen molar-refractivity contribution in [1.29, 1.82) is 0 Å². The minimum absolute atomic E-state index is 0.920. The van der Waals surface area contributed by atoms with Gasteiger partial charge < -0.3 is 0 Å². The van der Waals surface area contributed by atoms with Crippen molar-refractivity contribution < 1.29 is 0 Å². The summed E-state index contributed by atoms with van der Waals surface area (Å²) in [5.74, 6) is 13.6. The molecule has 0 amide bonds. The molecule has 8 aromatic carbocycles. The van der Waals surface area contributed by atoms with Gasteiger partial charge in [-0.2, -0.15) is 0 Å². The van der Waals surface area contributed by atoms with E-state index in [1.807, 2.05) is 111 Å². The van der Waals surface area contributed by atoms with Crippen LogP contribution in [0.5, 0.6) is 0 Å². The minimum Gasteiger partial charge on any atom is -0.265 e. The molecule has 480 valence electrons. The van der Waals surface area contributed by atoms with Crippen molar-refractivity contribution in [3.05, 3.63) is 394 Å². The number of aryl methyl sites for hydroxylation is 12. The maximum absolute atomic E-state index is 4.28. The number of nitrogens with zero attached hydrogens (tertiary/aromatic N) is 6. The molecule has 0 saturated heterocycles. The van der Waals surface area contributed by atoms with Gasteiger partial charge in [0.05, 0.1) is 0 Å². The van der Waals surface area contributed by atoms with E-state index in [0.29, 0.717) is 0 Å². The highest BCUT2D eigenvalue weighted by Crippen LogP contribution is 2.40. The second-order valence-electron chi connectivity index (χ2n) is 25.9. The Hall–Kier alpha value is -12.2. The highest BCUT2D eigenvalue weighted by atomic mass is 14.6. The molecule has 12 aliphatic rings. The molecule has 100 heavy (non-hydrogen) atoms. The van der Waals surface area contributed by atoms with Crippen LogP contribution in [0.15, 0.2) is 305 Å². The molecule has 0 fully saturated rings. The van der Waals surface area contributed by atoms with Crippen LogP contribution in [0.2, 0.25) is 0 Å². The van der Waals surface area contributed by atoms with Gasteiger partial charge in [-0.25, -0.2) is 0 Å². The number of hydrogen-bond acceptors (Lipinski definition) is 6. The van der Waals surface area contributed by atoms with Gasteiger partial charge in [0.15, 0.2) is 0 Å². The molecule has 12 bridgehead atoms. The predicted molar refractivity (Wildman–Crippen MR) is 407 cm³/mol. The van der Waals surface area contributed by atoms with Gasteiger partial charge in [0.25, 0.3) is 0 Å². The second kappa shape index (κ2) is 30.9. The topological polar surface area (TPSA) is 77.3 Å². The first-order valence-corrected chi connectivity index (χ1v) is 34.9. The zero-order valence-corrected chi connectivity index (χ0v) is 56.0. The molecule has 6 heterocycles. The molecule has 0 saturated carbocycles. The molecule has 6 nitrogen and oxygen atoms in total. The Bertz CT molecular complexity index is 4810. The molecule has 0 radical (unpaired) electrons. The molecule has 14 aromatic rings. The molecular weight excluding hydrogens is 1210 g/mol. The molecule has 0 unspecified atom stereocenters. The third kappa shape index (κ3) is 15.4. The summed E-state index contributed by atoms with van der Waals surface area (Å²) in [7, 11) is 0. The van der Waals surface area contributed by atoms with Crippen molar-refractivity contribution in [3.8, 4) is 90.4 Å². The Labute approximate surface area is 587 Å². The standard InChI is InChI=1S/C36H28N4.C32H24.C26H22N2/c1-2-30-22-36(28-11-19-40-20-12-28)32(24-35(30)27-9-17-39-18-10-27)4-3-31-23-33(25-5-13-37-14-6-25)29(1)21-34(31)26-7-15-38-16-8-26;1-3-7-25(8-4-1)11-21-31-23-27-13-17-29(31)19-15-28-14-18-30(20-16-27)32(24-28)22-12-26-9-5-2-6-10-26;1-5-21-8-4-20-2-6-22(26(18-20)24-11-15-28-16-12-24)7-3-19(1)17-25(21)23-9-13-27-14-10-23/h5-24H,1-4H2;1-10,13-14,17-18,23-24H,15-16,19-20H2;1-2,5-6,9-18H,3-4,7-8H2. The Kier molecular flexibility index (Phi) is 19.7. The van der Waals surface area contributed by atoms with Crippen molar-refractivity contribution >= 4 is 0 Å². The summed E-state index contributed by atoms with van der Waals surface area (Å²) in [5, 5.41) is 0. The minimum atomic E-state index is 0.920. The maximum atomic E-state index is 4.28. The lowest BCUT2D eigenvalue weighted by atomic mass is 9.82. The number of hydrogen-bond donors (Lipinski definition) is 0. The third-order valence-electron chi connectivity index (χ3n) is 19.6. The van der Waals surface area contributed by atoms with Crippen LogP contribution >= 0.6 is 0 Å². The van der Waals surface area contributed by atoms with Crippen LogP contribution in [-0.4, -0.2) is 29.9 Å². The fourth-order valence-corrected chi connectivity index (χ4v) is 14.2. The number of pyridine rings is 6. The summed E-state index contributed by atoms with van der Waals surface area (Å²) in [5.41, 5.74) is 36.0. The Morgan fingerprint density at radius 2 is 0.410 bits per heavy atom. The van der Waals surface area contributed by atoms with Gasteiger partial charge in [-0.3, -0.25) is 29.9 Å². The van der Waals surface area contributed by atoms with E-state index in [1.165, 1.54) is 134 Å². The van der Waals surface area contributed by atoms with E-state index in [4.69, 9.17) is 0 Å². The van der Waals surface area contributed by atoms with Gasteiger partial charge in [-0.1, -0.05) is 145 Å². The van der Waals surface area contributed by atoms with Gasteiger partial charge in [0.2, 0.25) is 0 Å². The van der Waals surface area contributed by atoms with E-state index in [2.05, 4.69) is 248 Å². The van der Waals surface area contributed by atoms with Crippen LogP contribution in [0.4, 0.5) is 0 Å². The van der Waals surface area contributed by atoms with E-state index in [1.54, 1.807) is 0 Å². The van der Waals surface area contributed by atoms with Gasteiger partial charge in [-0.15, -0.1) is 0 Å². The zero-order valence-electron chi connectivity index (χ0n) is 56.0. The molecule has 12 aliphatic carbocycles. The Morgan fingerprint density at radius 1 is 0.180 bits per heavy atom. The molecule has 0 spiro atoms. The van der Waals surface area contributed by atoms with Crippen LogP contribution in [0, 0.1) is 23.7 Å². The normalized spacial score (nSPS) is 12.6. The van der Waals surface area contributed by atoms with Gasteiger partial charge in [0.1, 0.15) is 0 Å². The van der Waals surface area contributed by atoms with E-state index in [-0.39, 0.29) is 0 Å². The first-order valence-electron chi connectivity index (χ1n) is 34.9. The summed E-state index contributed by atoms with van der Waals surface area (Å²) in [4.78, 5) is 25.5. The van der Waals surface area contributed by atoms with Crippen molar-refractivity contribution in [2.45, 2.75) is 77.0 Å². The number of rotatable bonds is 6. The molecular formula is C94H74N6. The molecule has 0 aliphatic heterocycles. The van der Waals surface area contributed by atoms with Crippen molar-refractivity contribution in [2.75, 3.05) is 0 Å². The first-order chi connectivity index (χ1) is 49.5. The highest BCUT2D eigenvalue weighted by Gasteiger charge is 2.21. The van der Waals surface area contributed by atoms with Crippen molar-refractivity contribution in [2.24, 2.45) is 0 Å². The molecule has 0 N–H and O–H groups in total. The monoisotopic (exact) mass is 1290 g/mol. The highest BCUT2D eigenvalue weighted by molar-refractivity contribution is 5.80. The molecule has 0 atom stereocenters. The first kappa shape index (κ1) is 63.8. The lowest BCUT2D eigenvalue weighted by molar-refractivity contribution is 0.916. The van der Waals surface area contributed by atoms with E-state index in [9.17, 15) is 0 Å². The smallest absolute Gasteiger partial charge is 0.0283 e. The Balaban J connectivity index is 0.000000124. The average molecular weight is 1290 g/mol. The van der Waals surface area contributed by atoms with Crippen LogP contribution in [0.1, 0.15) is 89.0 Å². The van der Waals surface area contributed by atoms with Crippen LogP contribution in [0.25, 0.3) is 66.8 Å². The van der Waals surface area contributed by atoms with Gasteiger partial charge >= 0.3 is 0 Å². The van der Waals surface area contributed by atoms with Crippen molar-refractivity contribution in [1.82, 2.24) is 29.9 Å². The quantitative estimate of drug-likeness (QED) is 0.154. The van der Waals surface area contributed by atoms with E-state index >= 15 is 0 Å². The van der Waals surface area contributed by atoms with Crippen LogP contribution in [-0.2, 0) is 77.0 Å². The van der Waals surface area contributed by atoms with Crippen LogP contribution in [0.3, 0.4) is 0 Å². The number of aromatic nitrogens is 6. The molecule has 6 aromatic heterocycles. The van der Waals surface area contributed by atoms with Crippen molar-refractivity contribution in [3.63, 3.8) is 0 Å². The summed E-state index contributed by atoms with van der Waals surface area (Å²) >= 11 is 0. The summed E-state index contributed by atoms with van der Waals surface area (Å²) < 4.78 is 0. The maximum Gasteiger partial charge on any atom is 0.0283 e. The fraction of sp³-hybridized carbons (Fsp3) is 0.128. The second-order valence-corrected chi connectivity index (χ2v) is 25.9. The summed E-state index contributed by atoms with van der Waals surface area (Å²) in [6.45, 7) is 0. The number of benzene rings is 8. The fourth-order valence-electron chi connectivity index (χ4n) is 14.2. The Morgan fingerprint density at radius 3 is 0.690 bits per heavy atom. The third-order valence-corrected chi connectivity index (χ3v) is 19.6. The molecule has 6 heteroatoms. The van der Waals surface area contributed by atoms with E-state index in [0.717, 1.165) is 99.3 Å². The lowest BCUT2D eigenvalue weighted by Gasteiger charge is -2.22. The SMILES string of the molecule is C(#Cc1cc2ccc1CCc1ccc(c(C#Cc3ccccc3)c1)CC2)c1ccccc1.c1cc(-c2cc3c(-c4ccncc4)cc2CCc2cc(-c4ccncc4)c(cc2-c2ccncc2)CC3)ccn1.c1cc(-c2cc3ccc2CCc2ccc(c(-c4ccncc4)c2)CC3)ccn1. The summed E-state index contributed by atoms with van der Waals surface area (Å²) in [6.07, 6.45) is 34.4. The average Bonchev–Trinajstić information content (AvgIpc) is 0.789. The van der Waals surface area contributed by atoms with Crippen LogP contribution < -0.4 is 0 Å². The van der Waals surface area contributed by atoms with Gasteiger partial charge in [0, 0.05) is 96.6 Å². The predicted octanol–water partition coefficient (Wildman–Crippen LogP) is 19.9. The zero-order chi connectivity index (χ0) is 67.1. The summed E-state index contributed by atoms with van der Waals surface area (Å²) in [6, 6.07) is 83.3. The lowest BCUT2D eigenvalue weighted by Crippen LogP contribution is -2.06.